The van der Waals surface area contributed by atoms with E-state index in [1.165, 1.54) is 43.7 Å². The van der Waals surface area contributed by atoms with Gasteiger partial charge < -0.3 is 4.74 Å². The Morgan fingerprint density at radius 3 is 2.49 bits per heavy atom. The molecule has 0 aliphatic heterocycles. The number of anilines is 1. The third-order valence-electron chi connectivity index (χ3n) is 5.27. The number of nitro groups is 1. The van der Waals surface area contributed by atoms with E-state index >= 15 is 0 Å². The largest absolute Gasteiger partial charge is 0.490 e. The number of aryl methyl sites for hydroxylation is 1. The number of nitrogens with one attached hydrogen (secondary N) is 1. The number of sulfonamides is 1. The Kier molecular flexibility index (Phi) is 7.82. The maximum absolute atomic E-state index is 13.4. The number of nitrogens with zero attached hydrogens (tertiary/aromatic N) is 3. The molecule has 0 aliphatic carbocycles. The number of hydrogen-bond donors (Lipinski definition) is 1. The first kappa shape index (κ1) is 25.4. The molecule has 0 radical (unpaired) electrons. The van der Waals surface area contributed by atoms with Gasteiger partial charge in [-0.15, -0.1) is 0 Å². The zero-order chi connectivity index (χ0) is 25.6. The average molecular weight is 497 g/mol. The predicted octanol–water partition coefficient (Wildman–Crippen LogP) is 3.57. The van der Waals surface area contributed by atoms with Gasteiger partial charge in [-0.1, -0.05) is 30.3 Å². The van der Waals surface area contributed by atoms with Gasteiger partial charge in [-0.05, 0) is 55.3 Å². The summed E-state index contributed by atoms with van der Waals surface area (Å²) in [6, 6.07) is 17.2. The fourth-order valence-corrected chi connectivity index (χ4v) is 4.80. The molecule has 0 spiro atoms. The van der Waals surface area contributed by atoms with Gasteiger partial charge in [-0.2, -0.15) is 5.10 Å². The molecule has 1 N–H and O–H groups in total. The smallest absolute Gasteiger partial charge is 0.311 e. The van der Waals surface area contributed by atoms with Crippen molar-refractivity contribution in [2.75, 3.05) is 18.0 Å². The van der Waals surface area contributed by atoms with Gasteiger partial charge in [-0.3, -0.25) is 19.2 Å². The molecule has 0 fully saturated rings. The van der Waals surface area contributed by atoms with E-state index in [9.17, 15) is 23.3 Å². The molecule has 1 amide bonds. The lowest BCUT2D eigenvalue weighted by molar-refractivity contribution is -0.385. The normalized spacial score (nSPS) is 11.3. The second-order valence-corrected chi connectivity index (χ2v) is 9.39. The molecule has 0 saturated heterocycles. The molecule has 10 nitrogen and oxygen atoms in total. The molecule has 0 aliphatic rings. The van der Waals surface area contributed by atoms with E-state index in [1.807, 2.05) is 13.0 Å². The SMILES string of the molecule is COc1ccc(/C=N/NC(=O)CN(c2cccc(C)c2C)S(=O)(=O)c2ccccc2)cc1[N+](=O)[O-]. The number of carbonyl (C=O) groups is 1. The van der Waals surface area contributed by atoms with Gasteiger partial charge in [0, 0.05) is 11.6 Å². The molecule has 0 heterocycles. The van der Waals surface area contributed by atoms with Crippen molar-refractivity contribution >= 4 is 33.5 Å². The number of amides is 1. The van der Waals surface area contributed by atoms with Gasteiger partial charge in [0.05, 0.1) is 28.8 Å². The quantitative estimate of drug-likeness (QED) is 0.274. The van der Waals surface area contributed by atoms with Crippen molar-refractivity contribution in [2.24, 2.45) is 5.10 Å². The summed E-state index contributed by atoms with van der Waals surface area (Å²) in [7, 11) is -2.74. The van der Waals surface area contributed by atoms with Crippen LogP contribution in [-0.2, 0) is 14.8 Å². The number of benzene rings is 3. The van der Waals surface area contributed by atoms with E-state index < -0.39 is 27.4 Å². The first-order chi connectivity index (χ1) is 16.6. The van der Waals surface area contributed by atoms with E-state index in [2.05, 4.69) is 10.5 Å². The highest BCUT2D eigenvalue weighted by Gasteiger charge is 2.28. The van der Waals surface area contributed by atoms with Crippen molar-refractivity contribution < 1.29 is 22.9 Å². The molecule has 35 heavy (non-hydrogen) atoms. The van der Waals surface area contributed by atoms with Gasteiger partial charge in [0.1, 0.15) is 6.54 Å². The number of ether oxygens (including phenoxy) is 1. The summed E-state index contributed by atoms with van der Waals surface area (Å²) >= 11 is 0. The molecule has 11 heteroatoms. The van der Waals surface area contributed by atoms with Crippen LogP contribution >= 0.6 is 0 Å². The van der Waals surface area contributed by atoms with Crippen molar-refractivity contribution in [3.05, 3.63) is 93.5 Å². The Morgan fingerprint density at radius 1 is 1.11 bits per heavy atom. The number of methoxy groups -OCH3 is 1. The summed E-state index contributed by atoms with van der Waals surface area (Å²) in [4.78, 5) is 23.3. The maximum atomic E-state index is 13.4. The molecule has 3 rings (SSSR count). The topological polar surface area (TPSA) is 131 Å². The van der Waals surface area contributed by atoms with Crippen LogP contribution in [0, 0.1) is 24.0 Å². The summed E-state index contributed by atoms with van der Waals surface area (Å²) in [5.41, 5.74) is 4.35. The molecular weight excluding hydrogens is 472 g/mol. The van der Waals surface area contributed by atoms with Crippen molar-refractivity contribution in [1.82, 2.24) is 5.43 Å². The first-order valence-electron chi connectivity index (χ1n) is 10.4. The van der Waals surface area contributed by atoms with Gasteiger partial charge in [-0.25, -0.2) is 13.8 Å². The van der Waals surface area contributed by atoms with Crippen LogP contribution in [0.2, 0.25) is 0 Å². The highest BCUT2D eigenvalue weighted by atomic mass is 32.2. The molecule has 182 valence electrons. The van der Waals surface area contributed by atoms with Gasteiger partial charge in [0.25, 0.3) is 15.9 Å². The fraction of sp³-hybridized carbons (Fsp3) is 0.167. The monoisotopic (exact) mass is 496 g/mol. The van der Waals surface area contributed by atoms with Crippen molar-refractivity contribution in [3.63, 3.8) is 0 Å². The molecule has 0 unspecified atom stereocenters. The minimum absolute atomic E-state index is 0.0442. The summed E-state index contributed by atoms with van der Waals surface area (Å²) in [6.45, 7) is 3.11. The standard InChI is InChI=1S/C24H24N4O6S/c1-17-8-7-11-21(18(17)2)27(35(32,33)20-9-5-4-6-10-20)16-24(29)26-25-15-19-12-13-23(34-3)22(14-19)28(30)31/h4-15H,16H2,1-3H3,(H,26,29)/b25-15+. The van der Waals surface area contributed by atoms with Crippen molar-refractivity contribution in [3.8, 4) is 5.75 Å². The third kappa shape index (κ3) is 5.82. The fourth-order valence-electron chi connectivity index (χ4n) is 3.30. The lowest BCUT2D eigenvalue weighted by Crippen LogP contribution is -2.40. The minimum Gasteiger partial charge on any atom is -0.490 e. The highest BCUT2D eigenvalue weighted by Crippen LogP contribution is 2.29. The zero-order valence-corrected chi connectivity index (χ0v) is 20.2. The van der Waals surface area contributed by atoms with Crippen molar-refractivity contribution in [1.29, 1.82) is 0 Å². The third-order valence-corrected chi connectivity index (χ3v) is 7.04. The van der Waals surface area contributed by atoms with Crippen LogP contribution in [0.3, 0.4) is 0 Å². The van der Waals surface area contributed by atoms with E-state index in [4.69, 9.17) is 4.74 Å². The lowest BCUT2D eigenvalue weighted by atomic mass is 10.1. The zero-order valence-electron chi connectivity index (χ0n) is 19.3. The predicted molar refractivity (Wildman–Crippen MR) is 132 cm³/mol. The molecule has 0 bridgehead atoms. The van der Waals surface area contributed by atoms with Crippen LogP contribution in [0.25, 0.3) is 0 Å². The summed E-state index contributed by atoms with van der Waals surface area (Å²) in [6.07, 6.45) is 1.22. The summed E-state index contributed by atoms with van der Waals surface area (Å²) in [5, 5.41) is 15.0. The van der Waals surface area contributed by atoms with Gasteiger partial charge in [0.2, 0.25) is 0 Å². The Balaban J connectivity index is 1.86. The summed E-state index contributed by atoms with van der Waals surface area (Å²) in [5.74, 6) is -0.601. The number of rotatable bonds is 9. The maximum Gasteiger partial charge on any atom is 0.311 e. The Hall–Kier alpha value is -4.25. The molecule has 0 saturated carbocycles. The van der Waals surface area contributed by atoms with E-state index in [1.54, 1.807) is 37.3 Å². The Bertz CT molecular complexity index is 1370. The first-order valence-corrected chi connectivity index (χ1v) is 11.9. The Morgan fingerprint density at radius 2 is 1.83 bits per heavy atom. The van der Waals surface area contributed by atoms with Crippen molar-refractivity contribution in [2.45, 2.75) is 18.7 Å². The number of hydrazone groups is 1. The second-order valence-electron chi connectivity index (χ2n) is 7.53. The summed E-state index contributed by atoms with van der Waals surface area (Å²) < 4.78 is 32.8. The highest BCUT2D eigenvalue weighted by molar-refractivity contribution is 7.92. The second kappa shape index (κ2) is 10.8. The van der Waals surface area contributed by atoms with E-state index in [0.717, 1.165) is 9.87 Å². The lowest BCUT2D eigenvalue weighted by Gasteiger charge is -2.26. The molecule has 0 atom stereocenters. The van der Waals surface area contributed by atoms with Crippen LogP contribution < -0.4 is 14.5 Å². The number of nitro benzene ring substituents is 1. The van der Waals surface area contributed by atoms with Crippen LogP contribution in [0.1, 0.15) is 16.7 Å². The van der Waals surface area contributed by atoms with Crippen LogP contribution in [0.5, 0.6) is 5.75 Å². The van der Waals surface area contributed by atoms with Gasteiger partial charge >= 0.3 is 5.69 Å². The molecular formula is C24H24N4O6S. The number of hydrogen-bond acceptors (Lipinski definition) is 7. The van der Waals surface area contributed by atoms with Crippen LogP contribution in [0.4, 0.5) is 11.4 Å². The Labute approximate surface area is 203 Å². The minimum atomic E-state index is -4.06. The number of carbonyl (C=O) groups excluding carboxylic acids is 1. The van der Waals surface area contributed by atoms with E-state index in [-0.39, 0.29) is 16.3 Å². The molecule has 3 aromatic rings. The van der Waals surface area contributed by atoms with Crippen LogP contribution in [0.15, 0.2) is 76.7 Å². The molecule has 3 aromatic carbocycles. The molecule has 0 aromatic heterocycles. The average Bonchev–Trinajstić information content (AvgIpc) is 2.85. The van der Waals surface area contributed by atoms with E-state index in [0.29, 0.717) is 16.8 Å². The van der Waals surface area contributed by atoms with Gasteiger partial charge in [0.15, 0.2) is 5.75 Å². The van der Waals surface area contributed by atoms with Crippen LogP contribution in [-0.4, -0.2) is 39.1 Å².